The molecule has 4 heterocycles. The van der Waals surface area contributed by atoms with Crippen LogP contribution >= 0.6 is 31.9 Å². The lowest BCUT2D eigenvalue weighted by molar-refractivity contribution is -0.0150. The molecule has 1 spiro atoms. The zero-order valence-electron chi connectivity index (χ0n) is 18.1. The molecular formula is C25H22Br2N4O2. The first kappa shape index (κ1) is 21.3. The van der Waals surface area contributed by atoms with Crippen LogP contribution < -0.4 is 4.74 Å². The third kappa shape index (κ3) is 3.42. The summed E-state index contributed by atoms with van der Waals surface area (Å²) < 4.78 is 14.9. The lowest BCUT2D eigenvalue weighted by atomic mass is 9.80. The Kier molecular flexibility index (Phi) is 5.27. The Labute approximate surface area is 208 Å². The molecule has 1 aliphatic heterocycles. The van der Waals surface area contributed by atoms with Crippen molar-refractivity contribution < 1.29 is 9.47 Å². The predicted molar refractivity (Wildman–Crippen MR) is 134 cm³/mol. The fourth-order valence-corrected chi connectivity index (χ4v) is 6.27. The van der Waals surface area contributed by atoms with Gasteiger partial charge in [0, 0.05) is 34.5 Å². The van der Waals surface area contributed by atoms with E-state index < -0.39 is 0 Å². The number of aromatic nitrogens is 4. The highest BCUT2D eigenvalue weighted by atomic mass is 79.9. The fourth-order valence-electron chi connectivity index (χ4n) is 5.21. The second kappa shape index (κ2) is 8.18. The van der Waals surface area contributed by atoms with Crippen LogP contribution in [-0.4, -0.2) is 38.1 Å². The summed E-state index contributed by atoms with van der Waals surface area (Å²) in [7, 11) is 1.68. The molecule has 33 heavy (non-hydrogen) atoms. The topological polar surface area (TPSA) is 61.5 Å². The number of benzene rings is 1. The highest BCUT2D eigenvalue weighted by Crippen LogP contribution is 2.47. The normalized spacial score (nSPS) is 22.1. The number of ether oxygens (including phenoxy) is 2. The van der Waals surface area contributed by atoms with Crippen LogP contribution in [0.5, 0.6) is 5.75 Å². The monoisotopic (exact) mass is 568 g/mol. The van der Waals surface area contributed by atoms with E-state index in [1.807, 2.05) is 35.0 Å². The van der Waals surface area contributed by atoms with E-state index in [1.165, 1.54) is 11.3 Å². The van der Waals surface area contributed by atoms with Gasteiger partial charge in [0.25, 0.3) is 0 Å². The summed E-state index contributed by atoms with van der Waals surface area (Å²) >= 11 is 7.33. The summed E-state index contributed by atoms with van der Waals surface area (Å²) in [5.41, 5.74) is 6.82. The van der Waals surface area contributed by atoms with Crippen molar-refractivity contribution in [1.82, 2.24) is 19.6 Å². The van der Waals surface area contributed by atoms with Crippen LogP contribution in [0.1, 0.15) is 30.5 Å². The van der Waals surface area contributed by atoms with E-state index in [9.17, 15) is 0 Å². The number of halogens is 2. The van der Waals surface area contributed by atoms with Gasteiger partial charge >= 0.3 is 0 Å². The van der Waals surface area contributed by atoms with Gasteiger partial charge in [-0.3, -0.25) is 4.98 Å². The van der Waals surface area contributed by atoms with E-state index in [-0.39, 0.29) is 5.60 Å². The standard InChI is InChI=1S/C25H22Br2N4O2/c1-32-21-11-16(4-5-19(21)27)22-23(15-6-9-28-10-7-15)30-31-20-3-2-8-25(12-17(26)14-33-25)18(20)13-29-24(22)31/h4-7,9-11,13,17H,2-3,8,12,14H2,1H3. The summed E-state index contributed by atoms with van der Waals surface area (Å²) in [4.78, 5) is 9.54. The molecule has 2 atom stereocenters. The largest absolute Gasteiger partial charge is 0.496 e. The van der Waals surface area contributed by atoms with Crippen molar-refractivity contribution in [2.24, 2.45) is 0 Å². The molecule has 0 amide bonds. The number of fused-ring (bicyclic) bond motifs is 4. The fraction of sp³-hybridized carbons (Fsp3) is 0.320. The van der Waals surface area contributed by atoms with Crippen LogP contribution in [0.2, 0.25) is 0 Å². The van der Waals surface area contributed by atoms with Crippen LogP contribution in [0.4, 0.5) is 0 Å². The molecule has 1 aromatic carbocycles. The Balaban J connectivity index is 1.63. The van der Waals surface area contributed by atoms with Crippen molar-refractivity contribution in [3.63, 3.8) is 0 Å². The molecule has 6 rings (SSSR count). The number of alkyl halides is 1. The molecule has 3 aromatic heterocycles. The van der Waals surface area contributed by atoms with Gasteiger partial charge in [0.1, 0.15) is 11.4 Å². The van der Waals surface area contributed by atoms with Gasteiger partial charge in [0.05, 0.1) is 35.0 Å². The average molecular weight is 570 g/mol. The molecule has 0 N–H and O–H groups in total. The maximum atomic E-state index is 6.36. The van der Waals surface area contributed by atoms with Gasteiger partial charge in [-0.1, -0.05) is 22.0 Å². The van der Waals surface area contributed by atoms with Crippen molar-refractivity contribution >= 4 is 37.5 Å². The van der Waals surface area contributed by atoms with Crippen molar-refractivity contribution in [3.05, 3.63) is 64.7 Å². The molecule has 1 aliphatic carbocycles. The number of hydrogen-bond acceptors (Lipinski definition) is 5. The summed E-state index contributed by atoms with van der Waals surface area (Å²) in [6.07, 6.45) is 9.61. The first-order chi connectivity index (χ1) is 16.1. The van der Waals surface area contributed by atoms with Crippen molar-refractivity contribution in [2.75, 3.05) is 13.7 Å². The summed E-state index contributed by atoms with van der Waals surface area (Å²) in [6.45, 7) is 0.725. The van der Waals surface area contributed by atoms with Crippen LogP contribution in [0.3, 0.4) is 0 Å². The number of aryl methyl sites for hydroxylation is 1. The van der Waals surface area contributed by atoms with Crippen LogP contribution in [0, 0.1) is 0 Å². The molecule has 0 saturated carbocycles. The SMILES string of the molecule is COc1cc(-c2c(-c3ccncc3)nn3c4c(cnc23)C2(CCC4)CC(Br)CO2)ccc1Br. The van der Waals surface area contributed by atoms with Crippen molar-refractivity contribution in [2.45, 2.75) is 36.1 Å². The quantitative estimate of drug-likeness (QED) is 0.286. The molecule has 0 bridgehead atoms. The minimum atomic E-state index is -0.271. The zero-order chi connectivity index (χ0) is 22.6. The molecular weight excluding hydrogens is 548 g/mol. The molecule has 0 radical (unpaired) electrons. The van der Waals surface area contributed by atoms with E-state index in [1.54, 1.807) is 19.5 Å². The van der Waals surface area contributed by atoms with E-state index in [0.717, 1.165) is 70.5 Å². The molecule has 8 heteroatoms. The van der Waals surface area contributed by atoms with Gasteiger partial charge < -0.3 is 9.47 Å². The average Bonchev–Trinajstić information content (AvgIpc) is 3.41. The second-order valence-corrected chi connectivity index (χ2v) is 10.8. The highest BCUT2D eigenvalue weighted by Gasteiger charge is 2.45. The van der Waals surface area contributed by atoms with Gasteiger partial charge in [-0.05, 0) is 71.4 Å². The summed E-state index contributed by atoms with van der Waals surface area (Å²) in [5.74, 6) is 0.771. The first-order valence-corrected chi connectivity index (χ1v) is 12.7. The molecule has 2 unspecified atom stereocenters. The number of rotatable bonds is 3. The van der Waals surface area contributed by atoms with E-state index in [0.29, 0.717) is 4.83 Å². The Morgan fingerprint density at radius 2 is 2.03 bits per heavy atom. The third-order valence-electron chi connectivity index (χ3n) is 6.71. The maximum Gasteiger partial charge on any atom is 0.163 e. The van der Waals surface area contributed by atoms with Gasteiger partial charge in [-0.2, -0.15) is 5.10 Å². The third-order valence-corrected chi connectivity index (χ3v) is 7.96. The van der Waals surface area contributed by atoms with Crippen molar-refractivity contribution in [3.8, 4) is 28.1 Å². The van der Waals surface area contributed by atoms with Gasteiger partial charge in [-0.25, -0.2) is 9.50 Å². The van der Waals surface area contributed by atoms with E-state index >= 15 is 0 Å². The van der Waals surface area contributed by atoms with Crippen LogP contribution in [0.25, 0.3) is 28.0 Å². The molecule has 4 aromatic rings. The molecule has 1 fully saturated rings. The Morgan fingerprint density at radius 1 is 1.18 bits per heavy atom. The van der Waals surface area contributed by atoms with E-state index in [2.05, 4.69) is 42.9 Å². The molecule has 2 aliphatic rings. The maximum absolute atomic E-state index is 6.36. The Hall–Kier alpha value is -2.29. The number of nitrogens with zero attached hydrogens (tertiary/aromatic N) is 4. The van der Waals surface area contributed by atoms with Crippen molar-refractivity contribution in [1.29, 1.82) is 0 Å². The molecule has 6 nitrogen and oxygen atoms in total. The lowest BCUT2D eigenvalue weighted by Crippen LogP contribution is -2.32. The minimum absolute atomic E-state index is 0.271. The number of pyridine rings is 1. The smallest absolute Gasteiger partial charge is 0.163 e. The Bertz CT molecular complexity index is 1360. The highest BCUT2D eigenvalue weighted by molar-refractivity contribution is 9.10. The summed E-state index contributed by atoms with van der Waals surface area (Å²) in [5, 5.41) is 5.13. The minimum Gasteiger partial charge on any atom is -0.496 e. The zero-order valence-corrected chi connectivity index (χ0v) is 21.3. The second-order valence-electron chi connectivity index (χ2n) is 8.62. The van der Waals surface area contributed by atoms with Crippen LogP contribution in [-0.2, 0) is 16.8 Å². The summed E-state index contributed by atoms with van der Waals surface area (Å²) in [6, 6.07) is 10.1. The van der Waals surface area contributed by atoms with Crippen LogP contribution in [0.15, 0.2) is 53.4 Å². The van der Waals surface area contributed by atoms with E-state index in [4.69, 9.17) is 19.6 Å². The van der Waals surface area contributed by atoms with Gasteiger partial charge in [0.15, 0.2) is 5.65 Å². The van der Waals surface area contributed by atoms with Gasteiger partial charge in [-0.15, -0.1) is 0 Å². The predicted octanol–water partition coefficient (Wildman–Crippen LogP) is 5.94. The first-order valence-electron chi connectivity index (χ1n) is 11.0. The molecule has 1 saturated heterocycles. The van der Waals surface area contributed by atoms with Gasteiger partial charge in [0.2, 0.25) is 0 Å². The number of hydrogen-bond donors (Lipinski definition) is 0. The molecule has 168 valence electrons. The lowest BCUT2D eigenvalue weighted by Gasteiger charge is -2.34. The number of methoxy groups -OCH3 is 1. The Morgan fingerprint density at radius 3 is 2.79 bits per heavy atom.